The first kappa shape index (κ1) is 9.49. The predicted molar refractivity (Wildman–Crippen MR) is 51.7 cm³/mol. The van der Waals surface area contributed by atoms with E-state index in [1.54, 1.807) is 0 Å². The van der Waals surface area contributed by atoms with E-state index in [1.807, 2.05) is 6.92 Å². The Morgan fingerprint density at radius 1 is 1.43 bits per heavy atom. The minimum absolute atomic E-state index is 0.00694. The van der Waals surface area contributed by atoms with Crippen LogP contribution in [-0.2, 0) is 4.79 Å². The van der Waals surface area contributed by atoms with Crippen molar-refractivity contribution in [2.24, 2.45) is 5.92 Å². The third-order valence-electron chi connectivity index (χ3n) is 2.89. The van der Waals surface area contributed by atoms with Crippen molar-refractivity contribution < 1.29 is 9.59 Å². The first-order chi connectivity index (χ1) is 6.72. The zero-order chi connectivity index (χ0) is 10.1. The SMILES string of the molecule is CCCN1C(=O)CC(C2CC2)NC1=O. The summed E-state index contributed by atoms with van der Waals surface area (Å²) < 4.78 is 0. The predicted octanol–water partition coefficient (Wildman–Crippen LogP) is 1.12. The number of nitrogens with one attached hydrogen (secondary N) is 1. The summed E-state index contributed by atoms with van der Waals surface area (Å²) in [5.41, 5.74) is 0. The molecule has 14 heavy (non-hydrogen) atoms. The monoisotopic (exact) mass is 196 g/mol. The molecule has 1 aliphatic carbocycles. The Bertz CT molecular complexity index is 243. The van der Waals surface area contributed by atoms with Gasteiger partial charge in [0.15, 0.2) is 0 Å². The molecule has 3 amide bonds. The second-order valence-electron chi connectivity index (χ2n) is 4.14. The molecule has 4 heteroatoms. The minimum Gasteiger partial charge on any atom is -0.334 e. The van der Waals surface area contributed by atoms with Gasteiger partial charge in [0.1, 0.15) is 0 Å². The zero-order valence-corrected chi connectivity index (χ0v) is 8.45. The Kier molecular flexibility index (Phi) is 2.44. The number of imide groups is 1. The standard InChI is InChI=1S/C10H16N2O2/c1-2-5-12-9(13)6-8(7-3-4-7)11-10(12)14/h7-8H,2-6H2,1H3,(H,11,14). The van der Waals surface area contributed by atoms with Crippen LogP contribution in [0.15, 0.2) is 0 Å². The van der Waals surface area contributed by atoms with E-state index in [0.29, 0.717) is 18.9 Å². The van der Waals surface area contributed by atoms with Gasteiger partial charge in [0.05, 0.1) is 0 Å². The highest BCUT2D eigenvalue weighted by Crippen LogP contribution is 2.35. The molecule has 1 atom stereocenters. The van der Waals surface area contributed by atoms with E-state index < -0.39 is 0 Å². The van der Waals surface area contributed by atoms with E-state index in [1.165, 1.54) is 4.90 Å². The molecule has 0 spiro atoms. The minimum atomic E-state index is -0.194. The Morgan fingerprint density at radius 3 is 2.64 bits per heavy atom. The lowest BCUT2D eigenvalue weighted by Crippen LogP contribution is -2.55. The van der Waals surface area contributed by atoms with Crippen LogP contribution >= 0.6 is 0 Å². The van der Waals surface area contributed by atoms with E-state index in [-0.39, 0.29) is 18.0 Å². The molecule has 1 N–H and O–H groups in total. The molecule has 1 saturated carbocycles. The molecular formula is C10H16N2O2. The van der Waals surface area contributed by atoms with Gasteiger partial charge in [-0.2, -0.15) is 0 Å². The molecule has 0 radical (unpaired) electrons. The highest BCUT2D eigenvalue weighted by Gasteiger charge is 2.39. The molecule has 78 valence electrons. The van der Waals surface area contributed by atoms with Crippen molar-refractivity contribution in [3.05, 3.63) is 0 Å². The molecule has 2 rings (SSSR count). The van der Waals surface area contributed by atoms with E-state index in [4.69, 9.17) is 0 Å². The average Bonchev–Trinajstić information content (AvgIpc) is 2.93. The van der Waals surface area contributed by atoms with Crippen LogP contribution in [0, 0.1) is 5.92 Å². The van der Waals surface area contributed by atoms with E-state index >= 15 is 0 Å². The highest BCUT2D eigenvalue weighted by atomic mass is 16.2. The molecule has 0 aromatic carbocycles. The summed E-state index contributed by atoms with van der Waals surface area (Å²) in [6.07, 6.45) is 3.64. The molecule has 2 aliphatic rings. The quantitative estimate of drug-likeness (QED) is 0.735. The van der Waals surface area contributed by atoms with E-state index in [9.17, 15) is 9.59 Å². The van der Waals surface area contributed by atoms with Gasteiger partial charge < -0.3 is 5.32 Å². The van der Waals surface area contributed by atoms with Crippen LogP contribution in [0.1, 0.15) is 32.6 Å². The van der Waals surface area contributed by atoms with Gasteiger partial charge in [-0.25, -0.2) is 4.79 Å². The van der Waals surface area contributed by atoms with Crippen molar-refractivity contribution in [1.29, 1.82) is 0 Å². The smallest absolute Gasteiger partial charge is 0.324 e. The number of hydrogen-bond donors (Lipinski definition) is 1. The van der Waals surface area contributed by atoms with Gasteiger partial charge in [-0.15, -0.1) is 0 Å². The third kappa shape index (κ3) is 1.74. The molecular weight excluding hydrogens is 180 g/mol. The van der Waals surface area contributed by atoms with E-state index in [0.717, 1.165) is 19.3 Å². The van der Waals surface area contributed by atoms with Crippen LogP contribution in [0.25, 0.3) is 0 Å². The largest absolute Gasteiger partial charge is 0.334 e. The van der Waals surface area contributed by atoms with Crippen LogP contribution in [0.4, 0.5) is 4.79 Å². The maximum Gasteiger partial charge on any atom is 0.324 e. The number of hydrogen-bond acceptors (Lipinski definition) is 2. The average molecular weight is 196 g/mol. The molecule has 1 saturated heterocycles. The van der Waals surface area contributed by atoms with Crippen molar-refractivity contribution in [2.45, 2.75) is 38.6 Å². The molecule has 0 bridgehead atoms. The molecule has 0 aromatic rings. The number of carbonyl (C=O) groups excluding carboxylic acids is 2. The Balaban J connectivity index is 1.98. The van der Waals surface area contributed by atoms with Gasteiger partial charge in [0.2, 0.25) is 5.91 Å². The van der Waals surface area contributed by atoms with Gasteiger partial charge >= 0.3 is 6.03 Å². The molecule has 2 fully saturated rings. The normalized spacial score (nSPS) is 27.8. The van der Waals surface area contributed by atoms with Crippen molar-refractivity contribution >= 4 is 11.9 Å². The second kappa shape index (κ2) is 3.59. The van der Waals surface area contributed by atoms with Gasteiger partial charge in [0.25, 0.3) is 0 Å². The van der Waals surface area contributed by atoms with Crippen molar-refractivity contribution in [3.8, 4) is 0 Å². The first-order valence-corrected chi connectivity index (χ1v) is 5.33. The van der Waals surface area contributed by atoms with Crippen LogP contribution in [0.2, 0.25) is 0 Å². The summed E-state index contributed by atoms with van der Waals surface area (Å²) in [6.45, 7) is 2.51. The van der Waals surface area contributed by atoms with Crippen LogP contribution in [-0.4, -0.2) is 29.4 Å². The molecule has 4 nitrogen and oxygen atoms in total. The summed E-state index contributed by atoms with van der Waals surface area (Å²) in [4.78, 5) is 24.5. The number of nitrogens with zero attached hydrogens (tertiary/aromatic N) is 1. The fourth-order valence-electron chi connectivity index (χ4n) is 1.93. The van der Waals surface area contributed by atoms with Crippen molar-refractivity contribution in [3.63, 3.8) is 0 Å². The topological polar surface area (TPSA) is 49.4 Å². The van der Waals surface area contributed by atoms with Gasteiger partial charge in [0, 0.05) is 19.0 Å². The third-order valence-corrected chi connectivity index (χ3v) is 2.89. The van der Waals surface area contributed by atoms with Crippen LogP contribution in [0.3, 0.4) is 0 Å². The Morgan fingerprint density at radius 2 is 2.14 bits per heavy atom. The molecule has 1 aliphatic heterocycles. The number of carbonyl (C=O) groups is 2. The lowest BCUT2D eigenvalue weighted by molar-refractivity contribution is -0.130. The molecule has 1 heterocycles. The molecule has 1 unspecified atom stereocenters. The summed E-state index contributed by atoms with van der Waals surface area (Å²) in [5, 5.41) is 2.91. The lowest BCUT2D eigenvalue weighted by atomic mass is 10.1. The summed E-state index contributed by atoms with van der Waals surface area (Å²) >= 11 is 0. The van der Waals surface area contributed by atoms with Crippen LogP contribution in [0.5, 0.6) is 0 Å². The van der Waals surface area contributed by atoms with E-state index in [2.05, 4.69) is 5.32 Å². The fraction of sp³-hybridized carbons (Fsp3) is 0.800. The van der Waals surface area contributed by atoms with Crippen LogP contribution < -0.4 is 5.32 Å². The van der Waals surface area contributed by atoms with Gasteiger partial charge in [-0.05, 0) is 25.2 Å². The Hall–Kier alpha value is -1.06. The number of rotatable bonds is 3. The number of amides is 3. The van der Waals surface area contributed by atoms with Crippen molar-refractivity contribution in [2.75, 3.05) is 6.54 Å². The fourth-order valence-corrected chi connectivity index (χ4v) is 1.93. The van der Waals surface area contributed by atoms with Crippen molar-refractivity contribution in [1.82, 2.24) is 10.2 Å². The first-order valence-electron chi connectivity index (χ1n) is 5.33. The summed E-state index contributed by atoms with van der Waals surface area (Å²) in [5.74, 6) is 0.555. The van der Waals surface area contributed by atoms with Gasteiger partial charge in [-0.1, -0.05) is 6.92 Å². The lowest BCUT2D eigenvalue weighted by Gasteiger charge is -2.31. The summed E-state index contributed by atoms with van der Waals surface area (Å²) in [7, 11) is 0. The second-order valence-corrected chi connectivity index (χ2v) is 4.14. The maximum absolute atomic E-state index is 11.6. The highest BCUT2D eigenvalue weighted by molar-refractivity contribution is 5.97. The zero-order valence-electron chi connectivity index (χ0n) is 8.45. The molecule has 0 aromatic heterocycles. The maximum atomic E-state index is 11.6. The number of urea groups is 1. The van der Waals surface area contributed by atoms with Gasteiger partial charge in [-0.3, -0.25) is 9.69 Å². The summed E-state index contributed by atoms with van der Waals surface area (Å²) in [6, 6.07) is -0.0805. The Labute approximate surface area is 83.6 Å².